The molecule has 3 nitrogen and oxygen atoms in total. The molecule has 1 aliphatic heterocycles. The average molecular weight is 359 g/mol. The molecule has 2 aromatic rings. The van der Waals surface area contributed by atoms with Crippen LogP contribution in [-0.2, 0) is 0 Å². The zero-order chi connectivity index (χ0) is 18.8. The molecule has 2 aromatic carbocycles. The fraction of sp³-hybridized carbons (Fsp3) is 0.286. The lowest BCUT2D eigenvalue weighted by molar-refractivity contribution is 0.348. The minimum absolute atomic E-state index is 0.0428. The SMILES string of the molecule is C=N.CCC.CCC1=C(O)NC(c2ccc(Cl)cc2)c2ccccc21. The number of hydrogen-bond donors (Lipinski definition) is 3. The van der Waals surface area contributed by atoms with Crippen molar-refractivity contribution in [3.05, 3.63) is 76.1 Å². The first kappa shape index (κ1) is 20.8. The molecule has 0 fully saturated rings. The van der Waals surface area contributed by atoms with E-state index in [1.807, 2.05) is 43.3 Å². The number of rotatable bonds is 2. The van der Waals surface area contributed by atoms with E-state index < -0.39 is 0 Å². The molecule has 4 heteroatoms. The molecule has 25 heavy (non-hydrogen) atoms. The van der Waals surface area contributed by atoms with Crippen LogP contribution in [0.5, 0.6) is 0 Å². The fourth-order valence-electron chi connectivity index (χ4n) is 2.73. The van der Waals surface area contributed by atoms with E-state index in [0.717, 1.165) is 23.1 Å². The minimum Gasteiger partial charge on any atom is -0.495 e. The molecule has 3 rings (SSSR count). The summed E-state index contributed by atoms with van der Waals surface area (Å²) < 4.78 is 0. The van der Waals surface area contributed by atoms with Crippen LogP contribution in [0.3, 0.4) is 0 Å². The third-order valence-electron chi connectivity index (χ3n) is 3.72. The van der Waals surface area contributed by atoms with Gasteiger partial charge in [0.05, 0.1) is 6.04 Å². The van der Waals surface area contributed by atoms with Gasteiger partial charge in [-0.05, 0) is 42.0 Å². The zero-order valence-electron chi connectivity index (χ0n) is 15.1. The van der Waals surface area contributed by atoms with Crippen molar-refractivity contribution in [2.75, 3.05) is 0 Å². The molecule has 0 bridgehead atoms. The normalized spacial score (nSPS) is 15.0. The minimum atomic E-state index is -0.0428. The number of aliphatic hydroxyl groups excluding tert-OH is 1. The number of benzene rings is 2. The second-order valence-corrected chi connectivity index (χ2v) is 6.04. The van der Waals surface area contributed by atoms with Crippen molar-refractivity contribution >= 4 is 23.9 Å². The van der Waals surface area contributed by atoms with Crippen molar-refractivity contribution in [1.29, 1.82) is 5.41 Å². The zero-order valence-corrected chi connectivity index (χ0v) is 15.9. The molecule has 0 saturated carbocycles. The number of allylic oxidation sites excluding steroid dienone is 1. The highest BCUT2D eigenvalue weighted by Crippen LogP contribution is 2.36. The van der Waals surface area contributed by atoms with Crippen molar-refractivity contribution in [2.24, 2.45) is 0 Å². The Balaban J connectivity index is 0.000000567. The molecule has 0 aromatic heterocycles. The summed E-state index contributed by atoms with van der Waals surface area (Å²) in [4.78, 5) is 0. The van der Waals surface area contributed by atoms with Crippen LogP contribution in [0, 0.1) is 5.41 Å². The van der Waals surface area contributed by atoms with E-state index in [1.54, 1.807) is 0 Å². The van der Waals surface area contributed by atoms with Crippen LogP contribution in [0.1, 0.15) is 56.3 Å². The molecule has 1 aliphatic rings. The molecule has 134 valence electrons. The second-order valence-electron chi connectivity index (χ2n) is 5.60. The topological polar surface area (TPSA) is 56.1 Å². The molecule has 0 amide bonds. The van der Waals surface area contributed by atoms with E-state index >= 15 is 0 Å². The van der Waals surface area contributed by atoms with E-state index in [-0.39, 0.29) is 11.9 Å². The lowest BCUT2D eigenvalue weighted by Crippen LogP contribution is -2.27. The first-order chi connectivity index (χ1) is 12.1. The van der Waals surface area contributed by atoms with E-state index in [2.05, 4.69) is 38.0 Å². The molecule has 0 saturated heterocycles. The molecular weight excluding hydrogens is 332 g/mol. The summed E-state index contributed by atoms with van der Waals surface area (Å²) >= 11 is 5.95. The van der Waals surface area contributed by atoms with Crippen molar-refractivity contribution in [3.8, 4) is 0 Å². The summed E-state index contributed by atoms with van der Waals surface area (Å²) in [7, 11) is 0. The first-order valence-electron chi connectivity index (χ1n) is 8.51. The highest BCUT2D eigenvalue weighted by Gasteiger charge is 2.25. The van der Waals surface area contributed by atoms with Crippen molar-refractivity contribution in [3.63, 3.8) is 0 Å². The van der Waals surface area contributed by atoms with Crippen LogP contribution in [-0.4, -0.2) is 11.8 Å². The lowest BCUT2D eigenvalue weighted by Gasteiger charge is -2.29. The van der Waals surface area contributed by atoms with Crippen LogP contribution in [0.2, 0.25) is 5.02 Å². The second kappa shape index (κ2) is 10.6. The third-order valence-corrected chi connectivity index (χ3v) is 3.97. The molecule has 0 spiro atoms. The Labute approximate surface area is 155 Å². The summed E-state index contributed by atoms with van der Waals surface area (Å²) in [5, 5.41) is 19.7. The van der Waals surface area contributed by atoms with Gasteiger partial charge in [-0.25, -0.2) is 0 Å². The predicted molar refractivity (Wildman–Crippen MR) is 109 cm³/mol. The largest absolute Gasteiger partial charge is 0.495 e. The number of nitrogens with one attached hydrogen (secondary N) is 2. The predicted octanol–water partition coefficient (Wildman–Crippen LogP) is 6.35. The summed E-state index contributed by atoms with van der Waals surface area (Å²) in [5.74, 6) is 0.270. The van der Waals surface area contributed by atoms with Gasteiger partial charge in [-0.15, -0.1) is 0 Å². The van der Waals surface area contributed by atoms with Gasteiger partial charge in [0, 0.05) is 10.6 Å². The molecule has 0 radical (unpaired) electrons. The number of aliphatic hydroxyl groups is 1. The Hall–Kier alpha value is -2.26. The van der Waals surface area contributed by atoms with Crippen LogP contribution < -0.4 is 5.32 Å². The van der Waals surface area contributed by atoms with E-state index in [4.69, 9.17) is 17.0 Å². The number of hydrogen-bond acceptors (Lipinski definition) is 3. The summed E-state index contributed by atoms with van der Waals surface area (Å²) in [6.07, 6.45) is 2.04. The highest BCUT2D eigenvalue weighted by atomic mass is 35.5. The van der Waals surface area contributed by atoms with E-state index in [1.165, 1.54) is 12.0 Å². The molecule has 0 aliphatic carbocycles. The lowest BCUT2D eigenvalue weighted by atomic mass is 9.87. The van der Waals surface area contributed by atoms with Gasteiger partial charge in [-0.2, -0.15) is 0 Å². The van der Waals surface area contributed by atoms with Crippen molar-refractivity contribution in [1.82, 2.24) is 5.32 Å². The van der Waals surface area contributed by atoms with Gasteiger partial charge in [0.15, 0.2) is 5.88 Å². The van der Waals surface area contributed by atoms with Gasteiger partial charge >= 0.3 is 0 Å². The van der Waals surface area contributed by atoms with Gasteiger partial charge in [-0.1, -0.05) is 75.2 Å². The Morgan fingerprint density at radius 3 is 2.16 bits per heavy atom. The van der Waals surface area contributed by atoms with Crippen LogP contribution in [0.25, 0.3) is 5.57 Å². The quantitative estimate of drug-likeness (QED) is 0.547. The molecule has 3 N–H and O–H groups in total. The third kappa shape index (κ3) is 5.10. The Bertz CT molecular complexity index is 695. The molecular formula is C21H27ClN2O. The molecule has 1 heterocycles. The molecule has 1 unspecified atom stereocenters. The standard InChI is InChI=1S/C17H16ClNO.C3H8.CH3N/c1-2-13-14-5-3-4-6-15(14)16(19-17(13)20)11-7-9-12(18)10-8-11;1-3-2;1-2/h3-10,16,19-20H,2H2,1H3;3H2,1-2H3;2H,1H2. The van der Waals surface area contributed by atoms with E-state index in [9.17, 15) is 5.11 Å². The van der Waals surface area contributed by atoms with Crippen LogP contribution in [0.15, 0.2) is 54.4 Å². The summed E-state index contributed by atoms with van der Waals surface area (Å²) in [6.45, 7) is 8.80. The van der Waals surface area contributed by atoms with Crippen molar-refractivity contribution < 1.29 is 5.11 Å². The van der Waals surface area contributed by atoms with Gasteiger partial charge in [0.2, 0.25) is 0 Å². The van der Waals surface area contributed by atoms with Gasteiger partial charge in [0.1, 0.15) is 0 Å². The van der Waals surface area contributed by atoms with Crippen molar-refractivity contribution in [2.45, 2.75) is 39.7 Å². The Morgan fingerprint density at radius 2 is 1.60 bits per heavy atom. The smallest absolute Gasteiger partial charge is 0.188 e. The van der Waals surface area contributed by atoms with Crippen LogP contribution in [0.4, 0.5) is 0 Å². The van der Waals surface area contributed by atoms with Gasteiger partial charge < -0.3 is 15.8 Å². The average Bonchev–Trinajstić information content (AvgIpc) is 2.64. The molecule has 1 atom stereocenters. The van der Waals surface area contributed by atoms with Gasteiger partial charge in [-0.3, -0.25) is 0 Å². The van der Waals surface area contributed by atoms with E-state index in [0.29, 0.717) is 5.02 Å². The number of halogens is 1. The van der Waals surface area contributed by atoms with Crippen LogP contribution >= 0.6 is 11.6 Å². The summed E-state index contributed by atoms with van der Waals surface area (Å²) in [5.41, 5.74) is 4.35. The maximum atomic E-state index is 10.2. The fourth-order valence-corrected chi connectivity index (χ4v) is 2.85. The Morgan fingerprint density at radius 1 is 1.04 bits per heavy atom. The number of fused-ring (bicyclic) bond motifs is 1. The highest BCUT2D eigenvalue weighted by molar-refractivity contribution is 6.30. The first-order valence-corrected chi connectivity index (χ1v) is 8.88. The maximum Gasteiger partial charge on any atom is 0.188 e. The maximum absolute atomic E-state index is 10.2. The monoisotopic (exact) mass is 358 g/mol. The van der Waals surface area contributed by atoms with Gasteiger partial charge in [0.25, 0.3) is 0 Å². The Kier molecular flexibility index (Phi) is 8.79. The summed E-state index contributed by atoms with van der Waals surface area (Å²) in [6, 6.07) is 15.9.